The molecule has 0 aromatic heterocycles. The first-order chi connectivity index (χ1) is 14.2. The fourth-order valence-electron chi connectivity index (χ4n) is 3.45. The number of sulfone groups is 1. The Labute approximate surface area is 184 Å². The Morgan fingerprint density at radius 2 is 1.93 bits per heavy atom. The fraction of sp³-hybridized carbons (Fsp3) is 0.263. The summed E-state index contributed by atoms with van der Waals surface area (Å²) in [5, 5.41) is 3.10. The molecule has 1 N–H and O–H groups in total. The first-order valence-corrected chi connectivity index (χ1v) is 12.5. The van der Waals surface area contributed by atoms with Gasteiger partial charge in [-0.3, -0.25) is 9.79 Å². The van der Waals surface area contributed by atoms with E-state index >= 15 is 0 Å². The number of carbonyl (C=O) groups is 1. The maximum Gasteiger partial charge on any atom is 0.234 e. The molecule has 0 spiro atoms. The molecule has 2 heterocycles. The maximum atomic E-state index is 14.5. The predicted molar refractivity (Wildman–Crippen MR) is 118 cm³/mol. The SMILES string of the molecule is O=C(CSC1=N[C@H]2CS(=O)(=O)C[C@H]2N1c1ccc(F)cc1F)Nc1ccc(Br)cc1. The van der Waals surface area contributed by atoms with Crippen LogP contribution in [0.2, 0.25) is 0 Å². The predicted octanol–water partition coefficient (Wildman–Crippen LogP) is 3.44. The number of hydrogen-bond acceptors (Lipinski definition) is 6. The highest BCUT2D eigenvalue weighted by molar-refractivity contribution is 9.10. The van der Waals surface area contributed by atoms with E-state index in [1.54, 1.807) is 24.3 Å². The Morgan fingerprint density at radius 1 is 1.20 bits per heavy atom. The van der Waals surface area contributed by atoms with E-state index in [1.807, 2.05) is 0 Å². The van der Waals surface area contributed by atoms with Gasteiger partial charge in [0.1, 0.15) is 11.6 Å². The van der Waals surface area contributed by atoms with Crippen molar-refractivity contribution in [3.05, 3.63) is 58.6 Å². The first-order valence-electron chi connectivity index (χ1n) is 8.92. The summed E-state index contributed by atoms with van der Waals surface area (Å²) in [4.78, 5) is 18.2. The minimum Gasteiger partial charge on any atom is -0.325 e. The van der Waals surface area contributed by atoms with E-state index < -0.39 is 33.6 Å². The lowest BCUT2D eigenvalue weighted by molar-refractivity contribution is -0.113. The molecule has 158 valence electrons. The van der Waals surface area contributed by atoms with Crippen molar-refractivity contribution in [1.82, 2.24) is 0 Å². The molecule has 2 aromatic rings. The smallest absolute Gasteiger partial charge is 0.234 e. The molecule has 2 atom stereocenters. The van der Waals surface area contributed by atoms with Gasteiger partial charge >= 0.3 is 0 Å². The Bertz CT molecular complexity index is 1130. The highest BCUT2D eigenvalue weighted by atomic mass is 79.9. The number of aliphatic imine (C=N–C) groups is 1. The van der Waals surface area contributed by atoms with Crippen LogP contribution >= 0.6 is 27.7 Å². The van der Waals surface area contributed by atoms with Gasteiger partial charge in [0.2, 0.25) is 5.91 Å². The number of amides is 1. The van der Waals surface area contributed by atoms with Gasteiger partial charge in [-0.05, 0) is 36.4 Å². The zero-order valence-electron chi connectivity index (χ0n) is 15.4. The number of hydrogen-bond donors (Lipinski definition) is 1. The largest absolute Gasteiger partial charge is 0.325 e. The van der Waals surface area contributed by atoms with Crippen LogP contribution in [0.1, 0.15) is 0 Å². The van der Waals surface area contributed by atoms with E-state index in [0.717, 1.165) is 28.4 Å². The normalized spacial score (nSPS) is 22.0. The van der Waals surface area contributed by atoms with Crippen molar-refractivity contribution in [3.63, 3.8) is 0 Å². The molecule has 1 amide bonds. The van der Waals surface area contributed by atoms with Crippen molar-refractivity contribution < 1.29 is 22.0 Å². The van der Waals surface area contributed by atoms with Crippen LogP contribution in [0.4, 0.5) is 20.2 Å². The molecule has 0 bridgehead atoms. The molecule has 0 saturated carbocycles. The topological polar surface area (TPSA) is 78.8 Å². The molecule has 1 saturated heterocycles. The van der Waals surface area contributed by atoms with E-state index in [-0.39, 0.29) is 28.9 Å². The van der Waals surface area contributed by atoms with E-state index in [4.69, 9.17) is 0 Å². The molecule has 2 aliphatic rings. The molecule has 0 radical (unpaired) electrons. The summed E-state index contributed by atoms with van der Waals surface area (Å²) in [6.45, 7) is 0. The van der Waals surface area contributed by atoms with E-state index in [1.165, 1.54) is 11.0 Å². The third-order valence-electron chi connectivity index (χ3n) is 4.74. The molecule has 11 heteroatoms. The summed E-state index contributed by atoms with van der Waals surface area (Å²) < 4.78 is 52.8. The van der Waals surface area contributed by atoms with Gasteiger partial charge in [0, 0.05) is 16.2 Å². The first kappa shape index (κ1) is 21.3. The van der Waals surface area contributed by atoms with E-state index in [9.17, 15) is 22.0 Å². The van der Waals surface area contributed by atoms with Gasteiger partial charge in [-0.25, -0.2) is 17.2 Å². The summed E-state index contributed by atoms with van der Waals surface area (Å²) in [5.74, 6) is -2.13. The number of halogens is 3. The van der Waals surface area contributed by atoms with Crippen LogP contribution in [0.3, 0.4) is 0 Å². The zero-order chi connectivity index (χ0) is 21.5. The highest BCUT2D eigenvalue weighted by Gasteiger charge is 2.47. The van der Waals surface area contributed by atoms with Crippen molar-refractivity contribution in [3.8, 4) is 0 Å². The Balaban J connectivity index is 1.52. The fourth-order valence-corrected chi connectivity index (χ4v) is 6.48. The molecular weight excluding hydrogens is 500 g/mol. The molecule has 6 nitrogen and oxygen atoms in total. The number of benzene rings is 2. The maximum absolute atomic E-state index is 14.5. The van der Waals surface area contributed by atoms with Crippen molar-refractivity contribution in [2.45, 2.75) is 12.1 Å². The van der Waals surface area contributed by atoms with Gasteiger partial charge in [-0.1, -0.05) is 27.7 Å². The number of nitrogens with zero attached hydrogens (tertiary/aromatic N) is 2. The summed E-state index contributed by atoms with van der Waals surface area (Å²) >= 11 is 4.41. The Kier molecular flexibility index (Phi) is 5.86. The molecule has 30 heavy (non-hydrogen) atoms. The number of rotatable bonds is 4. The summed E-state index contributed by atoms with van der Waals surface area (Å²) in [6, 6.07) is 9.07. The minimum absolute atomic E-state index is 0.000398. The standard InChI is InChI=1S/C19H16BrF2N3O3S2/c20-11-1-4-13(5-2-11)23-18(26)8-29-19-24-15-9-30(27,28)10-17(15)25(19)16-6-3-12(21)7-14(16)22/h1-7,15,17H,8-10H2,(H,23,26)/t15-,17+/m0/s1. The monoisotopic (exact) mass is 515 g/mol. The molecular formula is C19H16BrF2N3O3S2. The number of fused-ring (bicyclic) bond motifs is 1. The van der Waals surface area contributed by atoms with E-state index in [0.29, 0.717) is 10.9 Å². The van der Waals surface area contributed by atoms with Crippen LogP contribution < -0.4 is 10.2 Å². The van der Waals surface area contributed by atoms with Crippen molar-refractivity contribution in [2.24, 2.45) is 4.99 Å². The Hall–Kier alpha value is -1.98. The van der Waals surface area contributed by atoms with Gasteiger partial charge < -0.3 is 10.2 Å². The molecule has 2 aromatic carbocycles. The molecule has 0 aliphatic carbocycles. The highest BCUT2D eigenvalue weighted by Crippen LogP contribution is 2.36. The number of thioether (sulfide) groups is 1. The minimum atomic E-state index is -3.30. The summed E-state index contributed by atoms with van der Waals surface area (Å²) in [6.07, 6.45) is 0. The van der Waals surface area contributed by atoms with Crippen molar-refractivity contribution in [1.29, 1.82) is 0 Å². The van der Waals surface area contributed by atoms with Gasteiger partial charge in [0.15, 0.2) is 15.0 Å². The summed E-state index contributed by atoms with van der Waals surface area (Å²) in [7, 11) is -3.30. The summed E-state index contributed by atoms with van der Waals surface area (Å²) in [5.41, 5.74) is 0.669. The second-order valence-corrected chi connectivity index (χ2v) is 10.9. The lowest BCUT2D eigenvalue weighted by Gasteiger charge is -2.26. The van der Waals surface area contributed by atoms with Crippen molar-refractivity contribution >= 4 is 60.0 Å². The number of nitrogens with one attached hydrogen (secondary N) is 1. The van der Waals surface area contributed by atoms with Gasteiger partial charge in [0.05, 0.1) is 35.0 Å². The number of anilines is 2. The molecule has 1 fully saturated rings. The molecule has 0 unspecified atom stereocenters. The average Bonchev–Trinajstić information content (AvgIpc) is 3.13. The average molecular weight is 516 g/mol. The van der Waals surface area contributed by atoms with Crippen LogP contribution in [-0.4, -0.2) is 48.8 Å². The molecule has 2 aliphatic heterocycles. The number of carbonyl (C=O) groups excluding carboxylic acids is 1. The zero-order valence-corrected chi connectivity index (χ0v) is 18.6. The van der Waals surface area contributed by atoms with Gasteiger partial charge in [-0.2, -0.15) is 0 Å². The van der Waals surface area contributed by atoms with Gasteiger partial charge in [-0.15, -0.1) is 0 Å². The quantitative estimate of drug-likeness (QED) is 0.674. The second kappa shape index (κ2) is 8.27. The van der Waals surface area contributed by atoms with E-state index in [2.05, 4.69) is 26.2 Å². The second-order valence-electron chi connectivity index (χ2n) is 6.93. The van der Waals surface area contributed by atoms with Gasteiger partial charge in [0.25, 0.3) is 0 Å². The van der Waals surface area contributed by atoms with Crippen LogP contribution in [-0.2, 0) is 14.6 Å². The van der Waals surface area contributed by atoms with Crippen LogP contribution in [0.5, 0.6) is 0 Å². The third kappa shape index (κ3) is 4.52. The van der Waals surface area contributed by atoms with Crippen LogP contribution in [0.15, 0.2) is 51.9 Å². The molecule has 4 rings (SSSR count). The van der Waals surface area contributed by atoms with Crippen LogP contribution in [0.25, 0.3) is 0 Å². The Morgan fingerprint density at radius 3 is 2.63 bits per heavy atom. The lowest BCUT2D eigenvalue weighted by atomic mass is 10.1. The van der Waals surface area contributed by atoms with Crippen molar-refractivity contribution in [2.75, 3.05) is 27.5 Å². The lowest BCUT2D eigenvalue weighted by Crippen LogP contribution is -2.40. The number of amidine groups is 1. The third-order valence-corrected chi connectivity index (χ3v) is 7.93. The van der Waals surface area contributed by atoms with Crippen LogP contribution in [0, 0.1) is 11.6 Å².